The number of carbonyl (C=O) groups is 1. The molecular weight excluding hydrogens is 406 g/mol. The highest BCUT2D eigenvalue weighted by Gasteiger charge is 2.26. The van der Waals surface area contributed by atoms with Crippen LogP contribution >= 0.6 is 0 Å². The Bertz CT molecular complexity index is 891. The molecule has 8 nitrogen and oxygen atoms in total. The summed E-state index contributed by atoms with van der Waals surface area (Å²) in [4.78, 5) is 26.5. The van der Waals surface area contributed by atoms with Crippen molar-refractivity contribution in [2.45, 2.75) is 38.6 Å². The number of piperidine rings is 2. The second-order valence-electron chi connectivity index (χ2n) is 8.45. The highest BCUT2D eigenvalue weighted by molar-refractivity contribution is 5.79. The molecule has 172 valence electrons. The summed E-state index contributed by atoms with van der Waals surface area (Å²) in [6.07, 6.45) is 9.20. The van der Waals surface area contributed by atoms with Gasteiger partial charge in [0, 0.05) is 44.2 Å². The van der Waals surface area contributed by atoms with Gasteiger partial charge in [-0.25, -0.2) is 9.97 Å². The highest BCUT2D eigenvalue weighted by atomic mass is 16.5. The molecule has 2 fully saturated rings. The maximum absolute atomic E-state index is 12.8. The smallest absolute Gasteiger partial charge is 0.225 e. The largest absolute Gasteiger partial charge is 0.497 e. The molecule has 0 saturated carbocycles. The zero-order chi connectivity index (χ0) is 22.3. The third kappa shape index (κ3) is 5.23. The van der Waals surface area contributed by atoms with Gasteiger partial charge in [0.05, 0.1) is 32.3 Å². The summed E-state index contributed by atoms with van der Waals surface area (Å²) in [6, 6.07) is 5.61. The first-order valence-corrected chi connectivity index (χ1v) is 11.5. The second kappa shape index (κ2) is 10.5. The molecule has 8 heteroatoms. The van der Waals surface area contributed by atoms with Crippen molar-refractivity contribution in [3.05, 3.63) is 36.2 Å². The van der Waals surface area contributed by atoms with E-state index in [4.69, 9.17) is 9.47 Å². The van der Waals surface area contributed by atoms with Crippen molar-refractivity contribution in [1.29, 1.82) is 0 Å². The van der Waals surface area contributed by atoms with Gasteiger partial charge >= 0.3 is 0 Å². The van der Waals surface area contributed by atoms with Crippen molar-refractivity contribution in [3.63, 3.8) is 0 Å². The maximum atomic E-state index is 12.8. The number of methoxy groups -OCH3 is 2. The molecule has 1 aromatic carbocycles. The molecule has 2 aromatic rings. The van der Waals surface area contributed by atoms with E-state index in [1.807, 2.05) is 30.6 Å². The van der Waals surface area contributed by atoms with Crippen LogP contribution in [0.15, 0.2) is 30.6 Å². The van der Waals surface area contributed by atoms with Gasteiger partial charge in [-0.15, -0.1) is 0 Å². The Balaban J connectivity index is 1.27. The van der Waals surface area contributed by atoms with Crippen LogP contribution < -0.4 is 24.6 Å². The predicted octanol–water partition coefficient (Wildman–Crippen LogP) is 3.02. The number of carbonyl (C=O) groups excluding carboxylic acids is 1. The van der Waals surface area contributed by atoms with Crippen molar-refractivity contribution >= 4 is 17.5 Å². The molecule has 0 unspecified atom stereocenters. The van der Waals surface area contributed by atoms with Crippen molar-refractivity contribution < 1.29 is 14.3 Å². The lowest BCUT2D eigenvalue weighted by Gasteiger charge is -2.33. The van der Waals surface area contributed by atoms with E-state index in [0.29, 0.717) is 6.54 Å². The van der Waals surface area contributed by atoms with E-state index in [0.717, 1.165) is 67.7 Å². The second-order valence-corrected chi connectivity index (χ2v) is 8.45. The summed E-state index contributed by atoms with van der Waals surface area (Å²) in [6.45, 7) is 4.16. The Morgan fingerprint density at radius 2 is 1.72 bits per heavy atom. The van der Waals surface area contributed by atoms with E-state index in [1.165, 1.54) is 19.3 Å². The summed E-state index contributed by atoms with van der Waals surface area (Å²) in [5, 5.41) is 3.07. The fourth-order valence-corrected chi connectivity index (χ4v) is 4.48. The fourth-order valence-electron chi connectivity index (χ4n) is 4.48. The van der Waals surface area contributed by atoms with Crippen LogP contribution in [0.2, 0.25) is 0 Å². The van der Waals surface area contributed by atoms with Gasteiger partial charge in [-0.2, -0.15) is 0 Å². The normalized spacial score (nSPS) is 17.2. The lowest BCUT2D eigenvalue weighted by Crippen LogP contribution is -2.40. The SMILES string of the molecule is COc1ccc(OC)c(CNC(=O)C2CCN(c3cnc(N4CCCCC4)nc3)CC2)c1. The predicted molar refractivity (Wildman–Crippen MR) is 124 cm³/mol. The van der Waals surface area contributed by atoms with Crippen molar-refractivity contribution in [2.24, 2.45) is 5.92 Å². The molecule has 0 radical (unpaired) electrons. The molecule has 32 heavy (non-hydrogen) atoms. The third-order valence-electron chi connectivity index (χ3n) is 6.44. The summed E-state index contributed by atoms with van der Waals surface area (Å²) >= 11 is 0. The van der Waals surface area contributed by atoms with Crippen molar-refractivity contribution in [2.75, 3.05) is 50.2 Å². The van der Waals surface area contributed by atoms with Gasteiger partial charge in [-0.1, -0.05) is 0 Å². The van der Waals surface area contributed by atoms with Crippen LogP contribution in [0.1, 0.15) is 37.7 Å². The number of ether oxygens (including phenoxy) is 2. The van der Waals surface area contributed by atoms with Gasteiger partial charge in [0.25, 0.3) is 0 Å². The maximum Gasteiger partial charge on any atom is 0.225 e. The topological polar surface area (TPSA) is 79.8 Å². The molecule has 0 spiro atoms. The molecule has 2 aliphatic rings. The summed E-state index contributed by atoms with van der Waals surface area (Å²) < 4.78 is 10.7. The first-order chi connectivity index (χ1) is 15.7. The van der Waals surface area contributed by atoms with Crippen LogP contribution in [0, 0.1) is 5.92 Å². The Morgan fingerprint density at radius 3 is 2.38 bits per heavy atom. The zero-order valence-electron chi connectivity index (χ0n) is 19.0. The van der Waals surface area contributed by atoms with Crippen LogP contribution in [0.25, 0.3) is 0 Å². The molecular formula is C24H33N5O3. The molecule has 3 heterocycles. The number of hydrogen-bond donors (Lipinski definition) is 1. The molecule has 1 aromatic heterocycles. The summed E-state index contributed by atoms with van der Waals surface area (Å²) in [5.41, 5.74) is 1.94. The quantitative estimate of drug-likeness (QED) is 0.710. The monoisotopic (exact) mass is 439 g/mol. The number of aromatic nitrogens is 2. The minimum atomic E-state index is 0.0106. The minimum Gasteiger partial charge on any atom is -0.497 e. The van der Waals surface area contributed by atoms with Gasteiger partial charge in [-0.05, 0) is 50.3 Å². The van der Waals surface area contributed by atoms with E-state index in [9.17, 15) is 4.79 Å². The molecule has 0 aliphatic carbocycles. The first-order valence-electron chi connectivity index (χ1n) is 11.5. The molecule has 0 atom stereocenters. The summed E-state index contributed by atoms with van der Waals surface area (Å²) in [7, 11) is 3.26. The standard InChI is InChI=1S/C24H33N5O3/c1-31-21-6-7-22(32-2)19(14-21)15-25-23(30)18-8-12-28(13-9-18)20-16-26-24(27-17-20)29-10-4-3-5-11-29/h6-7,14,16-18H,3-5,8-13,15H2,1-2H3,(H,25,30). The Kier molecular flexibility index (Phi) is 7.29. The molecule has 2 aliphatic heterocycles. The number of amides is 1. The van der Waals surface area contributed by atoms with Gasteiger partial charge in [0.1, 0.15) is 11.5 Å². The number of benzene rings is 1. The molecule has 2 saturated heterocycles. The van der Waals surface area contributed by atoms with Gasteiger partial charge < -0.3 is 24.6 Å². The lowest BCUT2D eigenvalue weighted by molar-refractivity contribution is -0.125. The van der Waals surface area contributed by atoms with Crippen LogP contribution in [0.3, 0.4) is 0 Å². The van der Waals surface area contributed by atoms with E-state index < -0.39 is 0 Å². The third-order valence-corrected chi connectivity index (χ3v) is 6.44. The van der Waals surface area contributed by atoms with Crippen LogP contribution in [0.4, 0.5) is 11.6 Å². The van der Waals surface area contributed by atoms with Gasteiger partial charge in [0.2, 0.25) is 11.9 Å². The van der Waals surface area contributed by atoms with Gasteiger partial charge in [-0.3, -0.25) is 4.79 Å². The van der Waals surface area contributed by atoms with E-state index in [-0.39, 0.29) is 11.8 Å². The molecule has 4 rings (SSSR count). The van der Waals surface area contributed by atoms with E-state index >= 15 is 0 Å². The lowest BCUT2D eigenvalue weighted by atomic mass is 9.95. The van der Waals surface area contributed by atoms with Crippen molar-refractivity contribution in [1.82, 2.24) is 15.3 Å². The minimum absolute atomic E-state index is 0.0106. The number of nitrogens with one attached hydrogen (secondary N) is 1. The van der Waals surface area contributed by atoms with Crippen LogP contribution in [0.5, 0.6) is 11.5 Å². The number of nitrogens with zero attached hydrogens (tertiary/aromatic N) is 4. The van der Waals surface area contributed by atoms with E-state index in [2.05, 4.69) is 25.1 Å². The zero-order valence-corrected chi connectivity index (χ0v) is 19.0. The number of rotatable bonds is 7. The Morgan fingerprint density at radius 1 is 1.00 bits per heavy atom. The van der Waals surface area contributed by atoms with Crippen molar-refractivity contribution in [3.8, 4) is 11.5 Å². The molecule has 0 bridgehead atoms. The number of anilines is 2. The average Bonchev–Trinajstić information content (AvgIpc) is 2.87. The Hall–Kier alpha value is -3.03. The molecule has 1 N–H and O–H groups in total. The Labute approximate surface area is 189 Å². The van der Waals surface area contributed by atoms with Crippen LogP contribution in [-0.2, 0) is 11.3 Å². The fraction of sp³-hybridized carbons (Fsp3) is 0.542. The van der Waals surface area contributed by atoms with Gasteiger partial charge in [0.15, 0.2) is 0 Å². The van der Waals surface area contributed by atoms with E-state index in [1.54, 1.807) is 14.2 Å². The highest BCUT2D eigenvalue weighted by Crippen LogP contribution is 2.26. The molecule has 1 amide bonds. The first kappa shape index (κ1) is 22.2. The van der Waals surface area contributed by atoms with Crippen LogP contribution in [-0.4, -0.2) is 56.3 Å². The average molecular weight is 440 g/mol. The summed E-state index contributed by atoms with van der Waals surface area (Å²) in [5.74, 6) is 2.42. The number of hydrogen-bond acceptors (Lipinski definition) is 7.